The van der Waals surface area contributed by atoms with E-state index in [0.29, 0.717) is 6.57 Å². The van der Waals surface area contributed by atoms with Gasteiger partial charge in [0.1, 0.15) is 0 Å². The lowest BCUT2D eigenvalue weighted by Gasteiger charge is -2.11. The summed E-state index contributed by atoms with van der Waals surface area (Å²) in [5.74, 6) is 0. The quantitative estimate of drug-likeness (QED) is 0.462. The molecule has 0 aromatic carbocycles. The van der Waals surface area contributed by atoms with Crippen LogP contribution in [0, 0.1) is 0 Å². The summed E-state index contributed by atoms with van der Waals surface area (Å²) in [5, 5.41) is 0. The highest BCUT2D eigenvalue weighted by atomic mass is 35.5. The fraction of sp³-hybridized carbons (Fsp3) is 1.00. The van der Waals surface area contributed by atoms with Gasteiger partial charge in [-0.1, -0.05) is 39.5 Å². The molecule has 0 fully saturated rings. The summed E-state index contributed by atoms with van der Waals surface area (Å²) in [6.07, 6.45) is 8.52. The number of hydrogen-bond donors (Lipinski definition) is 0. The van der Waals surface area contributed by atoms with Crippen LogP contribution in [0.3, 0.4) is 0 Å². The smallest absolute Gasteiger partial charge is 0.171 e. The standard InChI is InChI=1S/C8H18P.Al.ClH/c1-3-5-7-9-8-6-4-2;;/h3-8H2,1-2H3;;1H/q-1;+1;. The Morgan fingerprint density at radius 3 is 1.64 bits per heavy atom. The van der Waals surface area contributed by atoms with Gasteiger partial charge in [0.05, 0.1) is 0 Å². The summed E-state index contributed by atoms with van der Waals surface area (Å²) >= 11 is 3.02. The molecule has 0 amide bonds. The molecule has 0 N–H and O–H groups in total. The van der Waals surface area contributed by atoms with Crippen molar-refractivity contribution in [1.82, 2.24) is 0 Å². The van der Waals surface area contributed by atoms with Gasteiger partial charge in [-0.05, 0) is 12.3 Å². The maximum atomic E-state index is 3.02. The highest BCUT2D eigenvalue weighted by Crippen LogP contribution is 2.31. The van der Waals surface area contributed by atoms with E-state index in [4.69, 9.17) is 0 Å². The number of unbranched alkanes of at least 4 members (excludes halogenated alkanes) is 2. The van der Waals surface area contributed by atoms with Gasteiger partial charge in [-0.25, -0.2) is 6.57 Å². The summed E-state index contributed by atoms with van der Waals surface area (Å²) < 4.78 is 0. The molecule has 0 heterocycles. The molecule has 2 radical (unpaired) electrons. The van der Waals surface area contributed by atoms with Crippen molar-refractivity contribution in [1.29, 1.82) is 0 Å². The van der Waals surface area contributed by atoms with Gasteiger partial charge in [0.2, 0.25) is 0 Å². The predicted molar refractivity (Wildman–Crippen MR) is 59.5 cm³/mol. The van der Waals surface area contributed by atoms with Gasteiger partial charge in [0, 0.05) is 0 Å². The SMILES string of the molecule is CCCC[P]([Al])CCCC.Cl. The second-order valence-electron chi connectivity index (χ2n) is 2.74. The predicted octanol–water partition coefficient (Wildman–Crippen LogP) is 3.57. The molecule has 0 aromatic heterocycles. The number of halogens is 1. The molecule has 0 rings (SSSR count). The van der Waals surface area contributed by atoms with Crippen molar-refractivity contribution in [2.75, 3.05) is 12.3 Å². The molecular weight excluding hydrogens is 189 g/mol. The minimum absolute atomic E-state index is 0. The Hall–Kier alpha value is 1.25. The molecule has 0 aliphatic rings. The summed E-state index contributed by atoms with van der Waals surface area (Å²) in [7, 11) is 0. The number of rotatable bonds is 6. The fourth-order valence-corrected chi connectivity index (χ4v) is 3.60. The van der Waals surface area contributed by atoms with Crippen LogP contribution in [0.4, 0.5) is 0 Å². The van der Waals surface area contributed by atoms with E-state index in [2.05, 4.69) is 29.7 Å². The zero-order chi connectivity index (χ0) is 7.82. The van der Waals surface area contributed by atoms with Gasteiger partial charge in [-0.15, -0.1) is 12.4 Å². The van der Waals surface area contributed by atoms with Crippen molar-refractivity contribution in [3.8, 4) is 0 Å². The molecule has 0 bridgehead atoms. The Labute approximate surface area is 86.7 Å². The van der Waals surface area contributed by atoms with Crippen LogP contribution in [-0.2, 0) is 0 Å². The lowest BCUT2D eigenvalue weighted by Crippen LogP contribution is -1.89. The zero-order valence-corrected chi connectivity index (χ0v) is 10.5. The monoisotopic (exact) mass is 208 g/mol. The van der Waals surface area contributed by atoms with Gasteiger partial charge in [0.15, 0.2) is 15.8 Å². The van der Waals surface area contributed by atoms with E-state index in [0.717, 1.165) is 0 Å². The molecular formula is C8H19AlClP. The second-order valence-corrected chi connectivity index (χ2v) is 7.01. The molecule has 0 unspecified atom stereocenters. The highest BCUT2D eigenvalue weighted by molar-refractivity contribution is 7.82. The molecule has 0 saturated carbocycles. The van der Waals surface area contributed by atoms with Gasteiger partial charge >= 0.3 is 0 Å². The zero-order valence-electron chi connectivity index (χ0n) is 7.68. The minimum atomic E-state index is 0. The van der Waals surface area contributed by atoms with Crippen LogP contribution < -0.4 is 0 Å². The summed E-state index contributed by atoms with van der Waals surface area (Å²) in [6, 6.07) is 0. The van der Waals surface area contributed by atoms with Crippen molar-refractivity contribution in [3.63, 3.8) is 0 Å². The molecule has 66 valence electrons. The minimum Gasteiger partial charge on any atom is -0.200 e. The third-order valence-corrected chi connectivity index (χ3v) is 4.93. The van der Waals surface area contributed by atoms with E-state index in [-0.39, 0.29) is 12.4 Å². The van der Waals surface area contributed by atoms with Crippen molar-refractivity contribution >= 4 is 34.8 Å². The van der Waals surface area contributed by atoms with Crippen LogP contribution in [0.5, 0.6) is 0 Å². The van der Waals surface area contributed by atoms with Gasteiger partial charge < -0.3 is 0 Å². The molecule has 0 nitrogen and oxygen atoms in total. The van der Waals surface area contributed by atoms with Crippen LogP contribution in [0.25, 0.3) is 0 Å². The van der Waals surface area contributed by atoms with Gasteiger partial charge in [-0.2, -0.15) is 0 Å². The van der Waals surface area contributed by atoms with Crippen molar-refractivity contribution in [3.05, 3.63) is 0 Å². The second kappa shape index (κ2) is 11.3. The third kappa shape index (κ3) is 11.3. The summed E-state index contributed by atoms with van der Waals surface area (Å²) in [5.41, 5.74) is 0. The largest absolute Gasteiger partial charge is 0.200 e. The van der Waals surface area contributed by atoms with Crippen LogP contribution in [-0.4, -0.2) is 28.2 Å². The summed E-state index contributed by atoms with van der Waals surface area (Å²) in [4.78, 5) is 0. The molecule has 0 aliphatic carbocycles. The topological polar surface area (TPSA) is 0 Å². The first kappa shape index (κ1) is 14.8. The Kier molecular flexibility index (Phi) is 15.1. The molecule has 0 spiro atoms. The molecule has 0 saturated heterocycles. The van der Waals surface area contributed by atoms with Crippen LogP contribution in [0.2, 0.25) is 0 Å². The third-order valence-electron chi connectivity index (χ3n) is 1.60. The number of hydrogen-bond acceptors (Lipinski definition) is 0. The lowest BCUT2D eigenvalue weighted by molar-refractivity contribution is 0.872. The first-order valence-electron chi connectivity index (χ1n) is 4.30. The Bertz CT molecular complexity index is 63.1. The normalized spacial score (nSPS) is 9.73. The summed E-state index contributed by atoms with van der Waals surface area (Å²) in [6.45, 7) is 4.87. The van der Waals surface area contributed by atoms with Crippen molar-refractivity contribution in [2.24, 2.45) is 0 Å². The Morgan fingerprint density at radius 2 is 1.36 bits per heavy atom. The molecule has 0 aliphatic heterocycles. The van der Waals surface area contributed by atoms with Crippen LogP contribution >= 0.6 is 19.0 Å². The van der Waals surface area contributed by atoms with E-state index in [1.54, 1.807) is 0 Å². The van der Waals surface area contributed by atoms with E-state index in [1.165, 1.54) is 38.0 Å². The lowest BCUT2D eigenvalue weighted by atomic mass is 10.4. The van der Waals surface area contributed by atoms with Crippen LogP contribution in [0.15, 0.2) is 0 Å². The van der Waals surface area contributed by atoms with E-state index < -0.39 is 0 Å². The average Bonchev–Trinajstić information content (AvgIpc) is 1.97. The molecule has 11 heavy (non-hydrogen) atoms. The van der Waals surface area contributed by atoms with Crippen LogP contribution in [0.1, 0.15) is 39.5 Å². The highest BCUT2D eigenvalue weighted by Gasteiger charge is 1.96. The molecule has 0 aromatic rings. The van der Waals surface area contributed by atoms with Gasteiger partial charge in [-0.3, -0.25) is 0 Å². The van der Waals surface area contributed by atoms with Crippen molar-refractivity contribution < 1.29 is 0 Å². The first-order chi connectivity index (χ1) is 4.81. The van der Waals surface area contributed by atoms with Crippen molar-refractivity contribution in [2.45, 2.75) is 39.5 Å². The first-order valence-corrected chi connectivity index (χ1v) is 7.64. The maximum Gasteiger partial charge on any atom is 0.171 e. The maximum absolute atomic E-state index is 3.02. The van der Waals surface area contributed by atoms with E-state index in [1.807, 2.05) is 0 Å². The van der Waals surface area contributed by atoms with Gasteiger partial charge in [0.25, 0.3) is 0 Å². The average molecular weight is 209 g/mol. The molecule has 0 atom stereocenters. The Morgan fingerprint density at radius 1 is 1.00 bits per heavy atom. The fourth-order valence-electron chi connectivity index (χ4n) is 0.834. The van der Waals surface area contributed by atoms with E-state index >= 15 is 0 Å². The molecule has 3 heteroatoms. The van der Waals surface area contributed by atoms with E-state index in [9.17, 15) is 0 Å². The Balaban J connectivity index is 0.